The fourth-order valence-electron chi connectivity index (χ4n) is 8.24. The van der Waals surface area contributed by atoms with Crippen molar-refractivity contribution >= 4 is 70.2 Å². The summed E-state index contributed by atoms with van der Waals surface area (Å²) in [5, 5.41) is 28.7. The van der Waals surface area contributed by atoms with Gasteiger partial charge in [0.15, 0.2) is 0 Å². The summed E-state index contributed by atoms with van der Waals surface area (Å²) in [5.74, 6) is 0. The third-order valence-electron chi connectivity index (χ3n) is 9.97. The van der Waals surface area contributed by atoms with Crippen molar-refractivity contribution < 1.29 is 0 Å². The van der Waals surface area contributed by atoms with Crippen LogP contribution in [0, 0.1) is 41.1 Å². The molecule has 0 saturated carbocycles. The largest absolute Gasteiger partial charge is 0.377 e. The molecule has 0 amide bonds. The Balaban J connectivity index is 1.36. The quantitative estimate of drug-likeness (QED) is 0.122. The number of thiophene rings is 1. The molecular weight excluding hydrogens is 527 g/mol. The molecule has 1 heterocycles. The number of nitrogens with one attached hydrogen (secondary N) is 1. The molecule has 0 radical (unpaired) electrons. The van der Waals surface area contributed by atoms with Crippen molar-refractivity contribution in [1.82, 2.24) is 0 Å². The van der Waals surface area contributed by atoms with Crippen molar-refractivity contribution in [2.75, 3.05) is 11.9 Å². The lowest BCUT2D eigenvalue weighted by Gasteiger charge is -2.17. The highest BCUT2D eigenvalue weighted by Gasteiger charge is 2.21. The van der Waals surface area contributed by atoms with Gasteiger partial charge in [0.1, 0.15) is 0 Å². The fourth-order valence-corrected chi connectivity index (χ4v) is 9.37. The van der Waals surface area contributed by atoms with Gasteiger partial charge in [0, 0.05) is 21.5 Å². The molecule has 2 aliphatic carbocycles. The van der Waals surface area contributed by atoms with Crippen LogP contribution in [0.3, 0.4) is 0 Å². The molecule has 2 aliphatic rings. The lowest BCUT2D eigenvalue weighted by Crippen LogP contribution is -1.99. The third kappa shape index (κ3) is 2.79. The second-order valence-corrected chi connectivity index (χ2v) is 13.2. The first-order chi connectivity index (χ1) is 20.8. The molecule has 0 fully saturated rings. The van der Waals surface area contributed by atoms with Gasteiger partial charge in [0.2, 0.25) is 0 Å². The van der Waals surface area contributed by atoms with Crippen molar-refractivity contribution in [1.29, 1.82) is 0 Å². The van der Waals surface area contributed by atoms with Crippen LogP contribution in [0.15, 0.2) is 91.0 Å². The van der Waals surface area contributed by atoms with Crippen molar-refractivity contribution in [3.63, 3.8) is 0 Å². The first-order valence-electron chi connectivity index (χ1n) is 15.4. The predicted octanol–water partition coefficient (Wildman–Crippen LogP) is 10.7. The molecule has 1 nitrogen and oxygen atoms in total. The van der Waals surface area contributed by atoms with Gasteiger partial charge in [-0.2, -0.15) is 0 Å². The van der Waals surface area contributed by atoms with Gasteiger partial charge in [0.05, 0.1) is 5.00 Å². The van der Waals surface area contributed by atoms with Gasteiger partial charge in [-0.15, -0.1) is 11.3 Å². The lowest BCUT2D eigenvalue weighted by atomic mass is 9.86. The Hall–Kier alpha value is -4.40. The van der Waals surface area contributed by atoms with Crippen molar-refractivity contribution in [2.24, 2.45) is 0 Å². The van der Waals surface area contributed by atoms with Crippen LogP contribution in [0.25, 0.3) is 53.9 Å². The van der Waals surface area contributed by atoms with Crippen LogP contribution in [-0.4, -0.2) is 6.54 Å². The Bertz CT molecular complexity index is 2830. The average molecular weight is 556 g/mol. The number of fused-ring (bicyclic) bond motifs is 7. The Morgan fingerprint density at radius 3 is 2.02 bits per heavy atom. The summed E-state index contributed by atoms with van der Waals surface area (Å²) in [5.41, 5.74) is 0. The summed E-state index contributed by atoms with van der Waals surface area (Å²) in [6, 6.07) is 34.9. The number of hydrogen-bond donors (Lipinski definition) is 1. The van der Waals surface area contributed by atoms with E-state index in [-0.39, 0.29) is 0 Å². The molecule has 0 spiro atoms. The molecule has 1 N–H and O–H groups in total. The van der Waals surface area contributed by atoms with Gasteiger partial charge in [-0.25, -0.2) is 0 Å². The summed E-state index contributed by atoms with van der Waals surface area (Å²) in [6.45, 7) is 3.33. The highest BCUT2D eigenvalue weighted by molar-refractivity contribution is 7.14. The normalized spacial score (nSPS) is 12.9. The van der Waals surface area contributed by atoms with E-state index in [0.29, 0.717) is 0 Å². The Morgan fingerprint density at radius 1 is 0.500 bits per heavy atom. The smallest absolute Gasteiger partial charge is 0.0895 e. The van der Waals surface area contributed by atoms with E-state index in [0.717, 1.165) is 6.54 Å². The van der Waals surface area contributed by atoms with Crippen LogP contribution in [0.2, 0.25) is 0 Å². The summed E-state index contributed by atoms with van der Waals surface area (Å²) < 4.78 is 1.42. The molecule has 0 aliphatic heterocycles. The van der Waals surface area contributed by atoms with Gasteiger partial charge >= 0.3 is 0 Å². The van der Waals surface area contributed by atoms with Crippen molar-refractivity contribution in [3.8, 4) is 0 Å². The van der Waals surface area contributed by atoms with Crippen molar-refractivity contribution in [2.45, 2.75) is 32.6 Å². The zero-order chi connectivity index (χ0) is 27.5. The zero-order valence-electron chi connectivity index (χ0n) is 23.6. The number of benzene rings is 7. The Kier molecular flexibility index (Phi) is 4.60. The van der Waals surface area contributed by atoms with Crippen LogP contribution in [0.4, 0.5) is 5.00 Å². The van der Waals surface area contributed by atoms with Gasteiger partial charge in [-0.05, 0) is 92.4 Å². The van der Waals surface area contributed by atoms with E-state index in [1.54, 1.807) is 0 Å². The Morgan fingerprint density at radius 2 is 1.17 bits per heavy atom. The summed E-state index contributed by atoms with van der Waals surface area (Å²) >= 11 is 1.93. The van der Waals surface area contributed by atoms with Gasteiger partial charge in [0.25, 0.3) is 0 Å². The van der Waals surface area contributed by atoms with E-state index in [1.807, 2.05) is 11.3 Å². The van der Waals surface area contributed by atoms with E-state index in [2.05, 4.69) is 103 Å². The molecule has 0 unspecified atom stereocenters. The minimum absolute atomic E-state index is 1.06. The molecule has 42 heavy (non-hydrogen) atoms. The highest BCUT2D eigenvalue weighted by Crippen LogP contribution is 2.46. The van der Waals surface area contributed by atoms with Crippen molar-refractivity contribution in [3.05, 3.63) is 132 Å². The number of rotatable bonds is 6. The monoisotopic (exact) mass is 555 g/mol. The molecule has 7 aromatic carbocycles. The van der Waals surface area contributed by atoms with Gasteiger partial charge in [-0.3, -0.25) is 0 Å². The topological polar surface area (TPSA) is 12.0 Å². The predicted molar refractivity (Wildman–Crippen MR) is 179 cm³/mol. The molecule has 8 aromatic rings. The number of anilines is 1. The Labute approximate surface area is 246 Å². The molecule has 0 bridgehead atoms. The van der Waals surface area contributed by atoms with Crippen LogP contribution in [-0.2, 0) is 0 Å². The molecule has 10 rings (SSSR count). The van der Waals surface area contributed by atoms with E-state index in [1.165, 1.54) is 126 Å². The lowest BCUT2D eigenvalue weighted by molar-refractivity contribution is 0.685. The molecule has 1 aromatic heterocycles. The first kappa shape index (κ1) is 23.2. The SMILES string of the molecule is CCCCCCNc1cc2c(s1)=c1ccc3c4ccc5c6c(c7ccccc7c(c7ccc=2c1c37)c64)=c1ccccc1=5. The van der Waals surface area contributed by atoms with Gasteiger partial charge < -0.3 is 5.32 Å². The van der Waals surface area contributed by atoms with E-state index in [9.17, 15) is 0 Å². The van der Waals surface area contributed by atoms with E-state index >= 15 is 0 Å². The van der Waals surface area contributed by atoms with Crippen LogP contribution < -0.4 is 5.32 Å². The molecule has 0 atom stereocenters. The minimum Gasteiger partial charge on any atom is -0.377 e. The van der Waals surface area contributed by atoms with E-state index < -0.39 is 0 Å². The molecule has 200 valence electrons. The van der Waals surface area contributed by atoms with Crippen LogP contribution >= 0.6 is 11.3 Å². The van der Waals surface area contributed by atoms with E-state index in [4.69, 9.17) is 0 Å². The summed E-state index contributed by atoms with van der Waals surface area (Å²) in [4.78, 5) is 0. The third-order valence-corrected chi connectivity index (χ3v) is 11.1. The maximum absolute atomic E-state index is 3.73. The highest BCUT2D eigenvalue weighted by atomic mass is 32.1. The average Bonchev–Trinajstić information content (AvgIpc) is 3.69. The van der Waals surface area contributed by atoms with Crippen LogP contribution in [0.5, 0.6) is 0 Å². The zero-order valence-corrected chi connectivity index (χ0v) is 24.4. The summed E-state index contributed by atoms with van der Waals surface area (Å²) in [7, 11) is 0. The second kappa shape index (κ2) is 8.33. The van der Waals surface area contributed by atoms with Gasteiger partial charge in [-0.1, -0.05) is 111 Å². The molecular formula is C40H29NS. The second-order valence-electron chi connectivity index (χ2n) is 12.2. The first-order valence-corrected chi connectivity index (χ1v) is 16.2. The molecule has 2 heteroatoms. The minimum atomic E-state index is 1.06. The number of hydrogen-bond acceptors (Lipinski definition) is 2. The number of unbranched alkanes of at least 4 members (excludes halogenated alkanes) is 3. The maximum Gasteiger partial charge on any atom is 0.0895 e. The fraction of sp³-hybridized carbons (Fsp3) is 0.150. The molecule has 0 saturated heterocycles. The van der Waals surface area contributed by atoms with Crippen LogP contribution in [0.1, 0.15) is 32.6 Å². The standard InChI is InChI=1S/C40H29NS/c1-2-3-4-9-20-41-33-21-32-29-16-18-30-35-27(17-19-31(37(29)35)40(32)42-33)28-15-14-26-22-10-5-6-11-23(22)34-24-12-7-8-13-25(24)36(30)39(28)38(26)34/h5-8,10-19,21,41H,2-4,9,20H2,1H3. The summed E-state index contributed by atoms with van der Waals surface area (Å²) in [6.07, 6.45) is 5.15. The maximum atomic E-state index is 3.73.